The maximum atomic E-state index is 11.9. The number of carbonyl (C=O) groups is 3. The SMILES string of the molecule is CCOC(=O)c1ccccc1NC(=O)NCCCC(=O)OC(C)(C)C. The maximum Gasteiger partial charge on any atom is 0.340 e. The molecule has 0 unspecified atom stereocenters. The van der Waals surface area contributed by atoms with Crippen LogP contribution >= 0.6 is 0 Å². The summed E-state index contributed by atoms with van der Waals surface area (Å²) in [7, 11) is 0. The number of anilines is 1. The van der Waals surface area contributed by atoms with Crippen molar-refractivity contribution >= 4 is 23.7 Å². The first kappa shape index (κ1) is 20.5. The lowest BCUT2D eigenvalue weighted by molar-refractivity contribution is -0.154. The number of hydrogen-bond donors (Lipinski definition) is 2. The summed E-state index contributed by atoms with van der Waals surface area (Å²) >= 11 is 0. The van der Waals surface area contributed by atoms with Gasteiger partial charge in [0.15, 0.2) is 0 Å². The molecule has 1 aromatic carbocycles. The molecule has 0 spiro atoms. The molecule has 2 N–H and O–H groups in total. The third-order valence-electron chi connectivity index (χ3n) is 2.93. The first-order valence-electron chi connectivity index (χ1n) is 8.25. The Balaban J connectivity index is 2.43. The van der Waals surface area contributed by atoms with Crippen LogP contribution in [0.4, 0.5) is 10.5 Å². The molecule has 7 heteroatoms. The molecule has 0 aliphatic carbocycles. The molecule has 0 saturated heterocycles. The Bertz CT molecular complexity index is 608. The lowest BCUT2D eigenvalue weighted by Gasteiger charge is -2.19. The number of ether oxygens (including phenoxy) is 2. The molecule has 138 valence electrons. The molecule has 0 bridgehead atoms. The van der Waals surface area contributed by atoms with Crippen molar-refractivity contribution in [1.82, 2.24) is 5.32 Å². The van der Waals surface area contributed by atoms with Crippen LogP contribution in [-0.2, 0) is 14.3 Å². The molecule has 0 heterocycles. The summed E-state index contributed by atoms with van der Waals surface area (Å²) in [6.07, 6.45) is 0.679. The van der Waals surface area contributed by atoms with Gasteiger partial charge in [-0.3, -0.25) is 4.79 Å². The summed E-state index contributed by atoms with van der Waals surface area (Å²) in [6.45, 7) is 7.69. The van der Waals surface area contributed by atoms with E-state index in [-0.39, 0.29) is 24.6 Å². The van der Waals surface area contributed by atoms with E-state index in [2.05, 4.69) is 10.6 Å². The summed E-state index contributed by atoms with van der Waals surface area (Å²) in [4.78, 5) is 35.4. The third kappa shape index (κ3) is 8.19. The Kier molecular flexibility index (Phi) is 7.91. The first-order valence-corrected chi connectivity index (χ1v) is 8.25. The molecule has 0 aromatic heterocycles. The fraction of sp³-hybridized carbons (Fsp3) is 0.500. The van der Waals surface area contributed by atoms with E-state index in [1.165, 1.54) is 0 Å². The average Bonchev–Trinajstić information content (AvgIpc) is 2.50. The van der Waals surface area contributed by atoms with Gasteiger partial charge in [0.25, 0.3) is 0 Å². The van der Waals surface area contributed by atoms with Crippen molar-refractivity contribution in [3.63, 3.8) is 0 Å². The van der Waals surface area contributed by atoms with Crippen molar-refractivity contribution in [2.75, 3.05) is 18.5 Å². The van der Waals surface area contributed by atoms with Gasteiger partial charge in [-0.15, -0.1) is 0 Å². The van der Waals surface area contributed by atoms with Crippen molar-refractivity contribution in [3.8, 4) is 0 Å². The van der Waals surface area contributed by atoms with E-state index in [0.29, 0.717) is 18.7 Å². The van der Waals surface area contributed by atoms with Crippen LogP contribution in [0, 0.1) is 0 Å². The van der Waals surface area contributed by atoms with Crippen molar-refractivity contribution in [2.24, 2.45) is 0 Å². The first-order chi connectivity index (χ1) is 11.7. The van der Waals surface area contributed by atoms with Gasteiger partial charge >= 0.3 is 18.0 Å². The molecule has 0 atom stereocenters. The number of benzene rings is 1. The van der Waals surface area contributed by atoms with E-state index in [1.54, 1.807) is 52.0 Å². The fourth-order valence-electron chi connectivity index (χ4n) is 1.97. The Labute approximate surface area is 148 Å². The largest absolute Gasteiger partial charge is 0.462 e. The lowest BCUT2D eigenvalue weighted by Crippen LogP contribution is -2.31. The van der Waals surface area contributed by atoms with Crippen molar-refractivity contribution in [3.05, 3.63) is 29.8 Å². The highest BCUT2D eigenvalue weighted by atomic mass is 16.6. The molecule has 2 amide bonds. The van der Waals surface area contributed by atoms with Gasteiger partial charge in [0.2, 0.25) is 0 Å². The lowest BCUT2D eigenvalue weighted by atomic mass is 10.2. The van der Waals surface area contributed by atoms with Gasteiger partial charge in [-0.2, -0.15) is 0 Å². The predicted molar refractivity (Wildman–Crippen MR) is 94.5 cm³/mol. The molecular formula is C18H26N2O5. The molecule has 7 nitrogen and oxygen atoms in total. The summed E-state index contributed by atoms with van der Waals surface area (Å²) in [5.74, 6) is -0.800. The van der Waals surface area contributed by atoms with Crippen molar-refractivity contribution < 1.29 is 23.9 Å². The van der Waals surface area contributed by atoms with Crippen LogP contribution in [0.2, 0.25) is 0 Å². The van der Waals surface area contributed by atoms with Crippen LogP contribution in [0.15, 0.2) is 24.3 Å². The van der Waals surface area contributed by atoms with Gasteiger partial charge in [0.1, 0.15) is 5.60 Å². The minimum Gasteiger partial charge on any atom is -0.462 e. The van der Waals surface area contributed by atoms with Gasteiger partial charge < -0.3 is 20.1 Å². The Morgan fingerprint density at radius 1 is 1.12 bits per heavy atom. The van der Waals surface area contributed by atoms with E-state index >= 15 is 0 Å². The zero-order chi connectivity index (χ0) is 18.9. The van der Waals surface area contributed by atoms with Crippen LogP contribution in [-0.4, -0.2) is 36.7 Å². The highest BCUT2D eigenvalue weighted by Crippen LogP contribution is 2.16. The number of esters is 2. The topological polar surface area (TPSA) is 93.7 Å². The number of rotatable bonds is 7. The van der Waals surface area contributed by atoms with Crippen molar-refractivity contribution in [1.29, 1.82) is 0 Å². The predicted octanol–water partition coefficient (Wildman–Crippen LogP) is 3.11. The second kappa shape index (κ2) is 9.66. The van der Waals surface area contributed by atoms with Crippen molar-refractivity contribution in [2.45, 2.75) is 46.1 Å². The molecule has 1 rings (SSSR count). The van der Waals surface area contributed by atoms with Crippen LogP contribution < -0.4 is 10.6 Å². The Hall–Kier alpha value is -2.57. The molecule has 1 aromatic rings. The number of urea groups is 1. The number of amides is 2. The highest BCUT2D eigenvalue weighted by molar-refractivity contribution is 6.00. The zero-order valence-corrected chi connectivity index (χ0v) is 15.2. The Morgan fingerprint density at radius 2 is 1.80 bits per heavy atom. The standard InChI is InChI=1S/C18H26N2O5/c1-5-24-16(22)13-9-6-7-10-14(13)20-17(23)19-12-8-11-15(21)25-18(2,3)4/h6-7,9-10H,5,8,11-12H2,1-4H3,(H2,19,20,23). The normalized spacial score (nSPS) is 10.7. The van der Waals surface area contributed by atoms with Crippen LogP contribution in [0.3, 0.4) is 0 Å². The second-order valence-corrected chi connectivity index (χ2v) is 6.34. The minimum absolute atomic E-state index is 0.219. The van der Waals surface area contributed by atoms with Gasteiger partial charge in [0, 0.05) is 13.0 Å². The summed E-state index contributed by atoms with van der Waals surface area (Å²) in [6, 6.07) is 6.14. The monoisotopic (exact) mass is 350 g/mol. The molecule has 0 aliphatic heterocycles. The smallest absolute Gasteiger partial charge is 0.340 e. The molecule has 25 heavy (non-hydrogen) atoms. The zero-order valence-electron chi connectivity index (χ0n) is 15.2. The van der Waals surface area contributed by atoms with Crippen LogP contribution in [0.25, 0.3) is 0 Å². The van der Waals surface area contributed by atoms with E-state index < -0.39 is 17.6 Å². The van der Waals surface area contributed by atoms with Gasteiger partial charge in [-0.25, -0.2) is 9.59 Å². The fourth-order valence-corrected chi connectivity index (χ4v) is 1.97. The summed E-state index contributed by atoms with van der Waals surface area (Å²) in [5, 5.41) is 5.25. The number of para-hydroxylation sites is 1. The molecular weight excluding hydrogens is 324 g/mol. The van der Waals surface area contributed by atoms with Gasteiger partial charge in [-0.1, -0.05) is 12.1 Å². The average molecular weight is 350 g/mol. The van der Waals surface area contributed by atoms with E-state index in [1.807, 2.05) is 0 Å². The second-order valence-electron chi connectivity index (χ2n) is 6.34. The van der Waals surface area contributed by atoms with E-state index in [4.69, 9.17) is 9.47 Å². The van der Waals surface area contributed by atoms with Crippen LogP contribution in [0.5, 0.6) is 0 Å². The maximum absolute atomic E-state index is 11.9. The summed E-state index contributed by atoms with van der Waals surface area (Å²) < 4.78 is 10.1. The molecule has 0 saturated carbocycles. The quantitative estimate of drug-likeness (QED) is 0.582. The van der Waals surface area contributed by atoms with E-state index in [9.17, 15) is 14.4 Å². The number of carbonyl (C=O) groups excluding carboxylic acids is 3. The van der Waals surface area contributed by atoms with Gasteiger partial charge in [0.05, 0.1) is 17.9 Å². The Morgan fingerprint density at radius 3 is 2.44 bits per heavy atom. The van der Waals surface area contributed by atoms with Gasteiger partial charge in [-0.05, 0) is 46.2 Å². The number of hydrogen-bond acceptors (Lipinski definition) is 5. The van der Waals surface area contributed by atoms with Crippen LogP contribution in [0.1, 0.15) is 50.9 Å². The third-order valence-corrected chi connectivity index (χ3v) is 2.93. The van der Waals surface area contributed by atoms with E-state index in [0.717, 1.165) is 0 Å². The minimum atomic E-state index is -0.515. The molecule has 0 fully saturated rings. The number of nitrogens with one attached hydrogen (secondary N) is 2. The summed E-state index contributed by atoms with van der Waals surface area (Å²) in [5.41, 5.74) is 0.137. The molecule has 0 radical (unpaired) electrons. The molecule has 0 aliphatic rings. The highest BCUT2D eigenvalue weighted by Gasteiger charge is 2.16.